The zero-order valence-corrected chi connectivity index (χ0v) is 15.3. The van der Waals surface area contributed by atoms with Gasteiger partial charge in [0.1, 0.15) is 5.75 Å². The number of nitrogens with one attached hydrogen (secondary N) is 2. The van der Waals surface area contributed by atoms with Crippen LogP contribution in [0.5, 0.6) is 5.75 Å². The summed E-state index contributed by atoms with van der Waals surface area (Å²) in [5.41, 5.74) is 1.67. The van der Waals surface area contributed by atoms with E-state index in [0.717, 1.165) is 0 Å². The van der Waals surface area contributed by atoms with Gasteiger partial charge in [0.15, 0.2) is 6.23 Å². The molecule has 4 nitrogen and oxygen atoms in total. The van der Waals surface area contributed by atoms with Crippen LogP contribution < -0.4 is 15.4 Å². The fraction of sp³-hybridized carbons (Fsp3) is 0.278. The molecule has 0 spiro atoms. The number of hydrogen-bond acceptors (Lipinski definition) is 2. The third kappa shape index (κ3) is 5.32. The molecule has 1 atom stereocenters. The normalized spacial score (nSPS) is 11.9. The molecule has 0 bridgehead atoms. The number of halogens is 2. The average molecular weight is 367 g/mol. The lowest BCUT2D eigenvalue weighted by Gasteiger charge is -2.17. The van der Waals surface area contributed by atoms with Gasteiger partial charge in [0.25, 0.3) is 0 Å². The molecule has 0 aliphatic heterocycles. The number of rotatable bonds is 5. The molecule has 0 heterocycles. The van der Waals surface area contributed by atoms with Gasteiger partial charge in [0, 0.05) is 5.02 Å². The molecular formula is C18H20Cl2N2O2. The molecule has 2 aromatic carbocycles. The van der Waals surface area contributed by atoms with Gasteiger partial charge in [0.05, 0.1) is 10.7 Å². The molecule has 0 saturated heterocycles. The molecule has 24 heavy (non-hydrogen) atoms. The molecule has 0 aromatic heterocycles. The van der Waals surface area contributed by atoms with Crippen LogP contribution in [0.3, 0.4) is 0 Å². The summed E-state index contributed by atoms with van der Waals surface area (Å²) in [6, 6.07) is 12.2. The molecule has 2 N–H and O–H groups in total. The molecule has 128 valence electrons. The van der Waals surface area contributed by atoms with Gasteiger partial charge in [-0.1, -0.05) is 49.2 Å². The maximum absolute atomic E-state index is 12.0. The van der Waals surface area contributed by atoms with E-state index in [1.165, 1.54) is 5.56 Å². The monoisotopic (exact) mass is 366 g/mol. The topological polar surface area (TPSA) is 50.4 Å². The molecule has 1 unspecified atom stereocenters. The van der Waals surface area contributed by atoms with E-state index in [1.54, 1.807) is 25.1 Å². The minimum atomic E-state index is -0.507. The maximum atomic E-state index is 12.0. The Kier molecular flexibility index (Phi) is 6.35. The lowest BCUT2D eigenvalue weighted by Crippen LogP contribution is -2.39. The predicted octanol–water partition coefficient (Wildman–Crippen LogP) is 5.66. The first kappa shape index (κ1) is 18.4. The second kappa shape index (κ2) is 8.27. The number of ether oxygens (including phenoxy) is 1. The second-order valence-electron chi connectivity index (χ2n) is 5.71. The van der Waals surface area contributed by atoms with E-state index < -0.39 is 12.3 Å². The quantitative estimate of drug-likeness (QED) is 0.670. The summed E-state index contributed by atoms with van der Waals surface area (Å²) in [5, 5.41) is 6.23. The van der Waals surface area contributed by atoms with Crippen molar-refractivity contribution in [3.8, 4) is 5.75 Å². The lowest BCUT2D eigenvalue weighted by atomic mass is 10.0. The Morgan fingerprint density at radius 1 is 1.04 bits per heavy atom. The third-order valence-corrected chi connectivity index (χ3v) is 3.94. The molecule has 0 aliphatic carbocycles. The van der Waals surface area contributed by atoms with Crippen LogP contribution >= 0.6 is 23.2 Å². The van der Waals surface area contributed by atoms with Crippen molar-refractivity contribution in [3.05, 3.63) is 58.1 Å². The Balaban J connectivity index is 1.90. The Bertz CT molecular complexity index is 703. The smallest absolute Gasteiger partial charge is 0.322 e. The predicted molar refractivity (Wildman–Crippen MR) is 99.2 cm³/mol. The number of hydrogen-bond donors (Lipinski definition) is 2. The van der Waals surface area contributed by atoms with Crippen LogP contribution in [-0.4, -0.2) is 12.3 Å². The molecule has 2 amide bonds. The van der Waals surface area contributed by atoms with E-state index in [-0.39, 0.29) is 0 Å². The van der Waals surface area contributed by atoms with Crippen LogP contribution in [0, 0.1) is 0 Å². The lowest BCUT2D eigenvalue weighted by molar-refractivity contribution is 0.183. The minimum Gasteiger partial charge on any atom is -0.471 e. The van der Waals surface area contributed by atoms with E-state index in [0.29, 0.717) is 27.4 Å². The second-order valence-corrected chi connectivity index (χ2v) is 6.55. The Morgan fingerprint density at radius 2 is 1.71 bits per heavy atom. The van der Waals surface area contributed by atoms with Crippen molar-refractivity contribution in [2.75, 3.05) is 5.32 Å². The van der Waals surface area contributed by atoms with Gasteiger partial charge in [-0.05, 0) is 48.7 Å². The van der Waals surface area contributed by atoms with Gasteiger partial charge in [-0.3, -0.25) is 0 Å². The first-order valence-corrected chi connectivity index (χ1v) is 8.40. The van der Waals surface area contributed by atoms with E-state index in [2.05, 4.69) is 24.5 Å². The van der Waals surface area contributed by atoms with E-state index in [1.807, 2.05) is 24.3 Å². The van der Waals surface area contributed by atoms with Crippen LogP contribution in [0.4, 0.5) is 10.5 Å². The van der Waals surface area contributed by atoms with Crippen molar-refractivity contribution >= 4 is 34.9 Å². The zero-order chi connectivity index (χ0) is 17.7. The van der Waals surface area contributed by atoms with Crippen LogP contribution in [0.25, 0.3) is 0 Å². The summed E-state index contributed by atoms with van der Waals surface area (Å²) in [5.74, 6) is 1.15. The van der Waals surface area contributed by atoms with Gasteiger partial charge in [-0.2, -0.15) is 0 Å². The van der Waals surface area contributed by atoms with Crippen LogP contribution in [0.15, 0.2) is 42.5 Å². The van der Waals surface area contributed by atoms with Gasteiger partial charge < -0.3 is 15.4 Å². The van der Waals surface area contributed by atoms with E-state index in [4.69, 9.17) is 27.9 Å². The van der Waals surface area contributed by atoms with Gasteiger partial charge in [-0.25, -0.2) is 4.79 Å². The fourth-order valence-corrected chi connectivity index (χ4v) is 2.44. The molecule has 0 fully saturated rings. The highest BCUT2D eigenvalue weighted by Gasteiger charge is 2.11. The van der Waals surface area contributed by atoms with Gasteiger partial charge in [0.2, 0.25) is 0 Å². The molecule has 2 rings (SSSR count). The summed E-state index contributed by atoms with van der Waals surface area (Å²) in [6.45, 7) is 6.01. The highest BCUT2D eigenvalue weighted by atomic mass is 35.5. The van der Waals surface area contributed by atoms with Crippen molar-refractivity contribution < 1.29 is 9.53 Å². The first-order valence-electron chi connectivity index (χ1n) is 7.64. The Labute approximate surface area is 152 Å². The maximum Gasteiger partial charge on any atom is 0.322 e. The SMILES string of the molecule is CC(NC(=O)Nc1cc(Cl)ccc1Cl)Oc1ccc(C(C)C)cc1. The average Bonchev–Trinajstić information content (AvgIpc) is 2.51. The van der Waals surface area contributed by atoms with Gasteiger partial charge in [-0.15, -0.1) is 0 Å². The highest BCUT2D eigenvalue weighted by Crippen LogP contribution is 2.25. The first-order chi connectivity index (χ1) is 11.3. The standard InChI is InChI=1S/C18H20Cl2N2O2/c1-11(2)13-4-7-15(8-5-13)24-12(3)21-18(23)22-17-10-14(19)6-9-16(17)20/h4-12H,1-3H3,(H2,21,22,23). The summed E-state index contributed by atoms with van der Waals surface area (Å²) < 4.78 is 5.68. The largest absolute Gasteiger partial charge is 0.471 e. The number of amides is 2. The third-order valence-electron chi connectivity index (χ3n) is 3.37. The number of carbonyl (C=O) groups is 1. The van der Waals surface area contributed by atoms with Crippen LogP contribution in [0.1, 0.15) is 32.3 Å². The number of anilines is 1. The van der Waals surface area contributed by atoms with Crippen molar-refractivity contribution in [2.24, 2.45) is 0 Å². The van der Waals surface area contributed by atoms with Crippen molar-refractivity contribution in [1.29, 1.82) is 0 Å². The van der Waals surface area contributed by atoms with Gasteiger partial charge >= 0.3 is 6.03 Å². The molecule has 0 saturated carbocycles. The van der Waals surface area contributed by atoms with Crippen LogP contribution in [-0.2, 0) is 0 Å². The molecule has 2 aromatic rings. The fourth-order valence-electron chi connectivity index (χ4n) is 2.10. The van der Waals surface area contributed by atoms with E-state index >= 15 is 0 Å². The van der Waals surface area contributed by atoms with Crippen molar-refractivity contribution in [3.63, 3.8) is 0 Å². The van der Waals surface area contributed by atoms with Crippen LogP contribution in [0.2, 0.25) is 10.0 Å². The number of urea groups is 1. The Hall–Kier alpha value is -1.91. The number of carbonyl (C=O) groups excluding carboxylic acids is 1. The van der Waals surface area contributed by atoms with Crippen molar-refractivity contribution in [1.82, 2.24) is 5.32 Å². The van der Waals surface area contributed by atoms with Crippen molar-refractivity contribution in [2.45, 2.75) is 32.9 Å². The molecule has 0 aliphatic rings. The summed E-state index contributed by atoms with van der Waals surface area (Å²) in [7, 11) is 0. The Morgan fingerprint density at radius 3 is 2.33 bits per heavy atom. The molecule has 6 heteroatoms. The summed E-state index contributed by atoms with van der Waals surface area (Å²) in [4.78, 5) is 12.0. The molecule has 0 radical (unpaired) electrons. The summed E-state index contributed by atoms with van der Waals surface area (Å²) >= 11 is 11.9. The zero-order valence-electron chi connectivity index (χ0n) is 13.8. The molecular weight excluding hydrogens is 347 g/mol. The summed E-state index contributed by atoms with van der Waals surface area (Å²) in [6.07, 6.45) is -0.507. The minimum absolute atomic E-state index is 0.410. The van der Waals surface area contributed by atoms with E-state index in [9.17, 15) is 4.79 Å². The number of benzene rings is 2. The highest BCUT2D eigenvalue weighted by molar-refractivity contribution is 6.35.